The van der Waals surface area contributed by atoms with Gasteiger partial charge in [0.05, 0.1) is 28.8 Å². The highest BCUT2D eigenvalue weighted by atomic mass is 35.5. The van der Waals surface area contributed by atoms with E-state index in [0.717, 1.165) is 12.8 Å². The molecule has 7 nitrogen and oxygen atoms in total. The molecule has 2 aromatic rings. The van der Waals surface area contributed by atoms with E-state index in [2.05, 4.69) is 15.7 Å². The molecule has 8 heteroatoms. The molecule has 0 aliphatic heterocycles. The first-order chi connectivity index (χ1) is 11.5. The van der Waals surface area contributed by atoms with Crippen LogP contribution >= 0.6 is 11.6 Å². The molecule has 1 unspecified atom stereocenters. The topological polar surface area (TPSA) is 102 Å². The summed E-state index contributed by atoms with van der Waals surface area (Å²) in [5, 5.41) is 9.93. The molecule has 3 amide bonds. The third-order valence-corrected chi connectivity index (χ3v) is 3.75. The number of carbonyl (C=O) groups is 2. The summed E-state index contributed by atoms with van der Waals surface area (Å²) < 4.78 is 1.57. The maximum Gasteiger partial charge on any atom is 0.312 e. The Bertz CT molecular complexity index is 716. The zero-order valence-corrected chi connectivity index (χ0v) is 14.1. The summed E-state index contributed by atoms with van der Waals surface area (Å²) in [5.74, 6) is -0.332. The van der Waals surface area contributed by atoms with Crippen LogP contribution in [0.2, 0.25) is 5.02 Å². The summed E-state index contributed by atoms with van der Waals surface area (Å²) in [6.45, 7) is 2.01. The number of carbonyl (C=O) groups excluding carboxylic acids is 2. The first-order valence-corrected chi connectivity index (χ1v) is 8.05. The van der Waals surface area contributed by atoms with Gasteiger partial charge in [-0.3, -0.25) is 4.79 Å². The quantitative estimate of drug-likeness (QED) is 0.716. The summed E-state index contributed by atoms with van der Waals surface area (Å²) in [5.41, 5.74) is 6.34. The number of aromatic nitrogens is 2. The van der Waals surface area contributed by atoms with Gasteiger partial charge >= 0.3 is 6.03 Å². The summed E-state index contributed by atoms with van der Waals surface area (Å²) in [4.78, 5) is 23.4. The molecule has 4 N–H and O–H groups in total. The van der Waals surface area contributed by atoms with E-state index in [0.29, 0.717) is 22.8 Å². The largest absolute Gasteiger partial charge is 0.352 e. The maximum absolute atomic E-state index is 12.3. The molecule has 1 aromatic carbocycles. The fraction of sp³-hybridized carbons (Fsp3) is 0.312. The molecule has 0 saturated carbocycles. The Labute approximate surface area is 145 Å². The van der Waals surface area contributed by atoms with Crippen molar-refractivity contribution >= 4 is 29.2 Å². The van der Waals surface area contributed by atoms with E-state index in [1.165, 1.54) is 6.20 Å². The summed E-state index contributed by atoms with van der Waals surface area (Å²) in [7, 11) is 0. The van der Waals surface area contributed by atoms with Crippen molar-refractivity contribution in [2.75, 3.05) is 5.32 Å². The van der Waals surface area contributed by atoms with E-state index in [1.54, 1.807) is 16.9 Å². The molecule has 0 fully saturated rings. The molecular formula is C16H20ClN5O2. The smallest absolute Gasteiger partial charge is 0.312 e. The average molecular weight is 350 g/mol. The standard InChI is InChI=1S/C16H20ClN5O2/c1-2-3-7-13(21-16(18)24)15(23)20-11-9-19-22(10-11)14-8-5-4-6-12(14)17/h4-6,8-10,13H,2-3,7H2,1H3,(H,20,23)(H3,18,21,24). The first kappa shape index (κ1) is 17.8. The minimum atomic E-state index is -0.724. The lowest BCUT2D eigenvalue weighted by atomic mass is 10.1. The second-order valence-corrected chi connectivity index (χ2v) is 5.72. The molecule has 1 aromatic heterocycles. The lowest BCUT2D eigenvalue weighted by Gasteiger charge is -2.16. The molecule has 0 saturated heterocycles. The van der Waals surface area contributed by atoms with Gasteiger partial charge in [-0.2, -0.15) is 5.10 Å². The molecule has 0 bridgehead atoms. The number of benzene rings is 1. The average Bonchev–Trinajstić information content (AvgIpc) is 2.99. The minimum absolute atomic E-state index is 0.332. The maximum atomic E-state index is 12.3. The number of nitrogens with one attached hydrogen (secondary N) is 2. The van der Waals surface area contributed by atoms with Crippen molar-refractivity contribution in [2.24, 2.45) is 5.73 Å². The number of unbranched alkanes of at least 4 members (excludes halogenated alkanes) is 1. The van der Waals surface area contributed by atoms with Gasteiger partial charge in [-0.25, -0.2) is 9.48 Å². The Hall–Kier alpha value is -2.54. The summed E-state index contributed by atoms with van der Waals surface area (Å²) >= 11 is 6.13. The second-order valence-electron chi connectivity index (χ2n) is 5.32. The third kappa shape index (κ3) is 4.73. The highest BCUT2D eigenvalue weighted by Gasteiger charge is 2.20. The van der Waals surface area contributed by atoms with Crippen molar-refractivity contribution in [3.05, 3.63) is 41.7 Å². The van der Waals surface area contributed by atoms with Gasteiger partial charge in [0.1, 0.15) is 6.04 Å². The van der Waals surface area contributed by atoms with Gasteiger partial charge in [-0.15, -0.1) is 0 Å². The number of nitrogens with two attached hydrogens (primary N) is 1. The number of hydrogen-bond donors (Lipinski definition) is 3. The molecule has 0 radical (unpaired) electrons. The number of amides is 3. The molecule has 0 aliphatic rings. The van der Waals surface area contributed by atoms with Crippen molar-refractivity contribution in [3.8, 4) is 5.69 Å². The van der Waals surface area contributed by atoms with E-state index in [-0.39, 0.29) is 5.91 Å². The zero-order valence-electron chi connectivity index (χ0n) is 13.3. The molecule has 2 rings (SSSR count). The normalized spacial score (nSPS) is 11.8. The number of para-hydroxylation sites is 1. The Morgan fingerprint density at radius 3 is 2.79 bits per heavy atom. The second kappa shape index (κ2) is 8.35. The fourth-order valence-electron chi connectivity index (χ4n) is 2.23. The SMILES string of the molecule is CCCCC(NC(N)=O)C(=O)Nc1cnn(-c2ccccc2Cl)c1. The molecule has 0 spiro atoms. The number of rotatable bonds is 7. The Morgan fingerprint density at radius 1 is 1.38 bits per heavy atom. The number of halogens is 1. The fourth-order valence-corrected chi connectivity index (χ4v) is 2.46. The van der Waals surface area contributed by atoms with Crippen LogP contribution in [0.4, 0.5) is 10.5 Å². The van der Waals surface area contributed by atoms with Crippen LogP contribution in [0.1, 0.15) is 26.2 Å². The number of primary amides is 1. The Kier molecular flexibility index (Phi) is 6.20. The monoisotopic (exact) mass is 349 g/mol. The van der Waals surface area contributed by atoms with Gasteiger partial charge in [-0.05, 0) is 18.6 Å². The van der Waals surface area contributed by atoms with Crippen LogP contribution < -0.4 is 16.4 Å². The van der Waals surface area contributed by atoms with E-state index in [9.17, 15) is 9.59 Å². The number of anilines is 1. The van der Waals surface area contributed by atoms with Gasteiger partial charge in [0.15, 0.2) is 0 Å². The van der Waals surface area contributed by atoms with Crippen molar-refractivity contribution in [2.45, 2.75) is 32.2 Å². The molecular weight excluding hydrogens is 330 g/mol. The number of nitrogens with zero attached hydrogens (tertiary/aromatic N) is 2. The number of urea groups is 1. The van der Waals surface area contributed by atoms with Crippen LogP contribution in [0.15, 0.2) is 36.7 Å². The van der Waals surface area contributed by atoms with Crippen LogP contribution in [-0.2, 0) is 4.79 Å². The van der Waals surface area contributed by atoms with Gasteiger partial charge < -0.3 is 16.4 Å². The van der Waals surface area contributed by atoms with Gasteiger partial charge in [0.25, 0.3) is 0 Å². The van der Waals surface area contributed by atoms with Crippen LogP contribution in [0.25, 0.3) is 5.69 Å². The molecule has 24 heavy (non-hydrogen) atoms. The van der Waals surface area contributed by atoms with E-state index in [4.69, 9.17) is 17.3 Å². The van der Waals surface area contributed by atoms with E-state index < -0.39 is 12.1 Å². The van der Waals surface area contributed by atoms with E-state index >= 15 is 0 Å². The van der Waals surface area contributed by atoms with Gasteiger partial charge in [-0.1, -0.05) is 43.5 Å². The lowest BCUT2D eigenvalue weighted by molar-refractivity contribution is -0.118. The molecule has 0 aliphatic carbocycles. The van der Waals surface area contributed by atoms with E-state index in [1.807, 2.05) is 25.1 Å². The van der Waals surface area contributed by atoms with Crippen molar-refractivity contribution < 1.29 is 9.59 Å². The molecule has 1 atom stereocenters. The van der Waals surface area contributed by atoms with Gasteiger partial charge in [0, 0.05) is 0 Å². The van der Waals surface area contributed by atoms with Crippen molar-refractivity contribution in [1.29, 1.82) is 0 Å². The zero-order chi connectivity index (χ0) is 17.5. The third-order valence-electron chi connectivity index (χ3n) is 3.43. The number of hydrogen-bond acceptors (Lipinski definition) is 3. The molecule has 1 heterocycles. The minimum Gasteiger partial charge on any atom is -0.352 e. The van der Waals surface area contributed by atoms with Crippen LogP contribution in [0.3, 0.4) is 0 Å². The highest BCUT2D eigenvalue weighted by molar-refractivity contribution is 6.32. The predicted octanol–water partition coefficient (Wildman–Crippen LogP) is 2.69. The summed E-state index contributed by atoms with van der Waals surface area (Å²) in [6, 6.07) is 5.85. The lowest BCUT2D eigenvalue weighted by Crippen LogP contribution is -2.46. The predicted molar refractivity (Wildman–Crippen MR) is 93.2 cm³/mol. The van der Waals surface area contributed by atoms with Crippen LogP contribution in [0, 0.1) is 0 Å². The Balaban J connectivity index is 2.08. The summed E-state index contributed by atoms with van der Waals surface area (Å²) in [6.07, 6.45) is 5.40. The van der Waals surface area contributed by atoms with Crippen molar-refractivity contribution in [3.63, 3.8) is 0 Å². The van der Waals surface area contributed by atoms with Crippen LogP contribution in [0.5, 0.6) is 0 Å². The van der Waals surface area contributed by atoms with Crippen LogP contribution in [-0.4, -0.2) is 27.8 Å². The highest BCUT2D eigenvalue weighted by Crippen LogP contribution is 2.20. The molecule has 128 valence electrons. The Morgan fingerprint density at radius 2 is 2.12 bits per heavy atom. The van der Waals surface area contributed by atoms with Gasteiger partial charge in [0.2, 0.25) is 5.91 Å². The van der Waals surface area contributed by atoms with Crippen molar-refractivity contribution in [1.82, 2.24) is 15.1 Å². The first-order valence-electron chi connectivity index (χ1n) is 7.67.